The topological polar surface area (TPSA) is 124 Å². The Balaban J connectivity index is 1.44. The monoisotopic (exact) mass is 445 g/mol. The number of amides is 3. The van der Waals surface area contributed by atoms with Gasteiger partial charge >= 0.3 is 0 Å². The number of rotatable bonds is 4. The summed E-state index contributed by atoms with van der Waals surface area (Å²) >= 11 is 0. The van der Waals surface area contributed by atoms with Crippen molar-refractivity contribution >= 4 is 27.7 Å². The number of imide groups is 1. The van der Waals surface area contributed by atoms with Crippen LogP contribution in [0.25, 0.3) is 0 Å². The number of aromatic nitrogens is 2. The third-order valence-corrected chi connectivity index (χ3v) is 7.80. The lowest BCUT2D eigenvalue weighted by molar-refractivity contribution is -0.131. The van der Waals surface area contributed by atoms with Crippen LogP contribution in [0.2, 0.25) is 0 Å². The van der Waals surface area contributed by atoms with Gasteiger partial charge in [-0.3, -0.25) is 24.4 Å². The summed E-state index contributed by atoms with van der Waals surface area (Å²) in [5, 5.41) is 6.66. The van der Waals surface area contributed by atoms with Crippen molar-refractivity contribution in [2.45, 2.75) is 25.2 Å². The Labute approximate surface area is 179 Å². The van der Waals surface area contributed by atoms with Crippen LogP contribution < -0.4 is 0 Å². The summed E-state index contributed by atoms with van der Waals surface area (Å²) in [6, 6.07) is 6.47. The molecule has 11 heteroatoms. The second-order valence-corrected chi connectivity index (χ2v) is 9.52. The maximum atomic E-state index is 13.1. The first-order chi connectivity index (χ1) is 14.7. The molecule has 31 heavy (non-hydrogen) atoms. The lowest BCUT2D eigenvalue weighted by atomic mass is 10.1. The molecule has 0 aliphatic carbocycles. The Hall–Kier alpha value is -3.05. The number of fused-ring (bicyclic) bond motifs is 1. The van der Waals surface area contributed by atoms with E-state index in [0.29, 0.717) is 35.5 Å². The summed E-state index contributed by atoms with van der Waals surface area (Å²) in [6.07, 6.45) is 0.447. The number of benzene rings is 1. The molecule has 1 aromatic carbocycles. The second-order valence-electron chi connectivity index (χ2n) is 7.64. The summed E-state index contributed by atoms with van der Waals surface area (Å²) < 4.78 is 27.5. The van der Waals surface area contributed by atoms with Gasteiger partial charge in [-0.1, -0.05) is 12.1 Å². The summed E-state index contributed by atoms with van der Waals surface area (Å²) in [6.45, 7) is 3.84. The van der Waals surface area contributed by atoms with Crippen molar-refractivity contribution in [2.24, 2.45) is 0 Å². The van der Waals surface area contributed by atoms with Gasteiger partial charge in [0.15, 0.2) is 0 Å². The highest BCUT2D eigenvalue weighted by molar-refractivity contribution is 7.89. The number of aryl methyl sites for hydroxylation is 2. The van der Waals surface area contributed by atoms with E-state index >= 15 is 0 Å². The molecule has 1 aromatic heterocycles. The van der Waals surface area contributed by atoms with Crippen LogP contribution in [0.15, 0.2) is 29.2 Å². The van der Waals surface area contributed by atoms with Gasteiger partial charge in [0.05, 0.1) is 22.5 Å². The lowest BCUT2D eigenvalue weighted by Gasteiger charge is -2.24. The zero-order chi connectivity index (χ0) is 22.3. The molecule has 1 N–H and O–H groups in total. The van der Waals surface area contributed by atoms with Crippen molar-refractivity contribution in [2.75, 3.05) is 32.7 Å². The van der Waals surface area contributed by atoms with Crippen molar-refractivity contribution in [3.8, 4) is 0 Å². The van der Waals surface area contributed by atoms with Gasteiger partial charge in [0.25, 0.3) is 11.8 Å². The Morgan fingerprint density at radius 2 is 1.68 bits per heavy atom. The fraction of sp³-hybridized carbons (Fsp3) is 0.400. The minimum atomic E-state index is -3.75. The second kappa shape index (κ2) is 7.89. The van der Waals surface area contributed by atoms with Gasteiger partial charge in [-0.15, -0.1) is 0 Å². The van der Waals surface area contributed by atoms with Crippen LogP contribution in [0.4, 0.5) is 0 Å². The largest absolute Gasteiger partial charge is 0.340 e. The number of carbonyl (C=O) groups is 3. The van der Waals surface area contributed by atoms with E-state index in [9.17, 15) is 22.8 Å². The molecule has 4 rings (SSSR count). The molecule has 0 bridgehead atoms. The molecular weight excluding hydrogens is 422 g/mol. The van der Waals surface area contributed by atoms with E-state index in [-0.39, 0.29) is 37.0 Å². The molecule has 2 aliphatic heterocycles. The number of H-pyrrole nitrogens is 1. The fourth-order valence-electron chi connectivity index (χ4n) is 4.05. The van der Waals surface area contributed by atoms with Gasteiger partial charge in [0.1, 0.15) is 11.4 Å². The molecule has 2 aliphatic rings. The van der Waals surface area contributed by atoms with E-state index in [0.717, 1.165) is 4.90 Å². The average molecular weight is 446 g/mol. The van der Waals surface area contributed by atoms with Crippen molar-refractivity contribution < 1.29 is 22.8 Å². The van der Waals surface area contributed by atoms with E-state index in [1.165, 1.54) is 9.21 Å². The van der Waals surface area contributed by atoms with Crippen LogP contribution >= 0.6 is 0 Å². The van der Waals surface area contributed by atoms with Crippen molar-refractivity contribution in [3.05, 3.63) is 46.8 Å². The van der Waals surface area contributed by atoms with Gasteiger partial charge in [0, 0.05) is 26.2 Å². The van der Waals surface area contributed by atoms with E-state index in [2.05, 4.69) is 10.2 Å². The summed E-state index contributed by atoms with van der Waals surface area (Å²) in [4.78, 5) is 40.5. The SMILES string of the molecule is Cc1n[nH]c(C)c1S(=O)(=O)N1CCCN(C(=O)CN2C(=O)c3ccccc3C2=O)CC1. The summed E-state index contributed by atoms with van der Waals surface area (Å²) in [5.74, 6) is -1.36. The molecule has 0 radical (unpaired) electrons. The Morgan fingerprint density at radius 1 is 1.03 bits per heavy atom. The van der Waals surface area contributed by atoms with E-state index < -0.39 is 21.8 Å². The summed E-state index contributed by atoms with van der Waals surface area (Å²) in [7, 11) is -3.75. The number of sulfonamides is 1. The van der Waals surface area contributed by atoms with Crippen LogP contribution in [0.3, 0.4) is 0 Å². The Morgan fingerprint density at radius 3 is 2.26 bits per heavy atom. The molecule has 0 spiro atoms. The van der Waals surface area contributed by atoms with Crippen molar-refractivity contribution in [1.82, 2.24) is 24.3 Å². The maximum absolute atomic E-state index is 13.1. The number of hydrogen-bond donors (Lipinski definition) is 1. The van der Waals surface area contributed by atoms with Crippen molar-refractivity contribution in [3.63, 3.8) is 0 Å². The molecule has 3 heterocycles. The van der Waals surface area contributed by atoms with Crippen LogP contribution in [-0.4, -0.2) is 83.2 Å². The number of hydrogen-bond acceptors (Lipinski definition) is 6. The zero-order valence-electron chi connectivity index (χ0n) is 17.3. The minimum Gasteiger partial charge on any atom is -0.340 e. The average Bonchev–Trinajstić information content (AvgIpc) is 3.07. The highest BCUT2D eigenvalue weighted by Gasteiger charge is 2.38. The molecule has 3 amide bonds. The Bertz CT molecular complexity index is 1120. The predicted molar refractivity (Wildman–Crippen MR) is 110 cm³/mol. The van der Waals surface area contributed by atoms with Crippen LogP contribution in [-0.2, 0) is 14.8 Å². The molecule has 0 unspecified atom stereocenters. The number of nitrogens with zero attached hydrogens (tertiary/aromatic N) is 4. The minimum absolute atomic E-state index is 0.125. The molecule has 1 saturated heterocycles. The lowest BCUT2D eigenvalue weighted by Crippen LogP contribution is -2.44. The van der Waals surface area contributed by atoms with Gasteiger partial charge in [0.2, 0.25) is 15.9 Å². The normalized spacial score (nSPS) is 17.7. The molecular formula is C20H23N5O5S. The van der Waals surface area contributed by atoms with E-state index in [1.807, 2.05) is 0 Å². The van der Waals surface area contributed by atoms with Crippen molar-refractivity contribution in [1.29, 1.82) is 0 Å². The van der Waals surface area contributed by atoms with E-state index in [1.54, 1.807) is 38.1 Å². The number of carbonyl (C=O) groups excluding carboxylic acids is 3. The quantitative estimate of drug-likeness (QED) is 0.686. The standard InChI is InChI=1S/C20H23N5O5S/c1-13-18(14(2)22-21-13)31(29,30)24-9-5-8-23(10-11-24)17(26)12-25-19(27)15-6-3-4-7-16(15)20(25)28/h3-4,6-7H,5,8-12H2,1-2H3,(H,21,22). The first kappa shape index (κ1) is 21.2. The third kappa shape index (κ3) is 3.63. The first-order valence-electron chi connectivity index (χ1n) is 9.96. The van der Waals surface area contributed by atoms with Crippen LogP contribution in [0, 0.1) is 13.8 Å². The molecule has 10 nitrogen and oxygen atoms in total. The Kier molecular flexibility index (Phi) is 5.40. The van der Waals surface area contributed by atoms with Crippen LogP contribution in [0.5, 0.6) is 0 Å². The number of nitrogens with one attached hydrogen (secondary N) is 1. The van der Waals surface area contributed by atoms with Crippen LogP contribution in [0.1, 0.15) is 38.5 Å². The fourth-order valence-corrected chi connectivity index (χ4v) is 5.85. The maximum Gasteiger partial charge on any atom is 0.262 e. The first-order valence-corrected chi connectivity index (χ1v) is 11.4. The highest BCUT2D eigenvalue weighted by atomic mass is 32.2. The predicted octanol–water partition coefficient (Wildman–Crippen LogP) is 0.546. The van der Waals surface area contributed by atoms with Gasteiger partial charge in [-0.2, -0.15) is 9.40 Å². The molecule has 2 aromatic rings. The molecule has 1 fully saturated rings. The highest BCUT2D eigenvalue weighted by Crippen LogP contribution is 2.24. The van der Waals surface area contributed by atoms with Gasteiger partial charge < -0.3 is 4.90 Å². The molecule has 164 valence electrons. The van der Waals surface area contributed by atoms with Gasteiger partial charge in [-0.25, -0.2) is 8.42 Å². The molecule has 0 atom stereocenters. The zero-order valence-corrected chi connectivity index (χ0v) is 18.1. The molecule has 0 saturated carbocycles. The van der Waals surface area contributed by atoms with E-state index in [4.69, 9.17) is 0 Å². The third-order valence-electron chi connectivity index (χ3n) is 5.64. The summed E-state index contributed by atoms with van der Waals surface area (Å²) in [5.41, 5.74) is 1.46. The smallest absolute Gasteiger partial charge is 0.262 e. The van der Waals surface area contributed by atoms with Gasteiger partial charge in [-0.05, 0) is 32.4 Å². The number of aromatic amines is 1.